The van der Waals surface area contributed by atoms with Crippen LogP contribution in [0.5, 0.6) is 0 Å². The Hall–Kier alpha value is -3.95. The van der Waals surface area contributed by atoms with E-state index in [0.717, 1.165) is 94.5 Å². The SMILES string of the molecule is C=CC(=O)N1CC2(CC(n3nc(-c4ccc5c(cnn5CCN(C)C)c4)c(-c4c(Cl)c(C)cc5[nH]ncc45)c3C)C2)C1. The number of benzene rings is 2. The van der Waals surface area contributed by atoms with Crippen molar-refractivity contribution >= 4 is 39.3 Å². The van der Waals surface area contributed by atoms with Gasteiger partial charge in [-0.15, -0.1) is 0 Å². The number of rotatable bonds is 7. The molecule has 3 aromatic heterocycles. The monoisotopic (exact) mass is 582 g/mol. The minimum Gasteiger partial charge on any atom is -0.338 e. The molecule has 0 bridgehead atoms. The molecule has 1 saturated carbocycles. The predicted octanol–water partition coefficient (Wildman–Crippen LogP) is 5.62. The van der Waals surface area contributed by atoms with Gasteiger partial charge in [0.05, 0.1) is 41.0 Å². The second-order valence-electron chi connectivity index (χ2n) is 12.4. The number of amides is 1. The zero-order chi connectivity index (χ0) is 29.3. The van der Waals surface area contributed by atoms with Crippen LogP contribution in [0, 0.1) is 19.3 Å². The number of carbonyl (C=O) groups is 1. The molecule has 7 rings (SSSR count). The van der Waals surface area contributed by atoms with Crippen LogP contribution in [-0.2, 0) is 11.3 Å². The van der Waals surface area contributed by atoms with Crippen molar-refractivity contribution in [2.24, 2.45) is 5.41 Å². The summed E-state index contributed by atoms with van der Waals surface area (Å²) in [6, 6.07) is 8.79. The maximum absolute atomic E-state index is 12.1. The molecule has 9 nitrogen and oxygen atoms in total. The highest BCUT2D eigenvalue weighted by molar-refractivity contribution is 6.36. The highest BCUT2D eigenvalue weighted by atomic mass is 35.5. The first kappa shape index (κ1) is 26.9. The number of hydrogen-bond donors (Lipinski definition) is 1. The molecule has 2 aliphatic rings. The van der Waals surface area contributed by atoms with Gasteiger partial charge in [0.2, 0.25) is 5.91 Å². The van der Waals surface area contributed by atoms with E-state index >= 15 is 0 Å². The molecule has 1 spiro atoms. The van der Waals surface area contributed by atoms with Gasteiger partial charge in [0.1, 0.15) is 5.69 Å². The lowest BCUT2D eigenvalue weighted by atomic mass is 9.60. The van der Waals surface area contributed by atoms with Gasteiger partial charge in [-0.3, -0.25) is 19.3 Å². The molecular weight excluding hydrogens is 548 g/mol. The van der Waals surface area contributed by atoms with Crippen LogP contribution in [0.2, 0.25) is 5.02 Å². The Bertz CT molecular complexity index is 1860. The standard InChI is InChI=1S/C32H35ClN8O/c1-6-27(42)39-17-32(18-39)13-23(14-32)41-20(3)28(29-24-16-34-36-25(24)11-19(2)30(29)33)31(37-41)21-7-8-26-22(12-21)15-35-40(26)10-9-38(4)5/h6-8,11-12,15-16,23H,1,9-10,13-14,17-18H2,2-5H3,(H,34,36). The van der Waals surface area contributed by atoms with Gasteiger partial charge in [-0.1, -0.05) is 24.2 Å². The molecule has 4 heterocycles. The van der Waals surface area contributed by atoms with Gasteiger partial charge in [-0.05, 0) is 70.6 Å². The molecule has 10 heteroatoms. The van der Waals surface area contributed by atoms with E-state index in [1.54, 1.807) is 0 Å². The lowest BCUT2D eigenvalue weighted by Crippen LogP contribution is -2.63. The van der Waals surface area contributed by atoms with Gasteiger partial charge >= 0.3 is 0 Å². The number of carbonyl (C=O) groups excluding carboxylic acids is 1. The molecule has 0 atom stereocenters. The van der Waals surface area contributed by atoms with Gasteiger partial charge in [0.25, 0.3) is 0 Å². The third kappa shape index (κ3) is 4.17. The quantitative estimate of drug-likeness (QED) is 0.252. The van der Waals surface area contributed by atoms with Gasteiger partial charge < -0.3 is 9.80 Å². The second-order valence-corrected chi connectivity index (χ2v) is 12.8. The average Bonchev–Trinajstić information content (AvgIpc) is 3.64. The Kier molecular flexibility index (Phi) is 6.29. The summed E-state index contributed by atoms with van der Waals surface area (Å²) in [4.78, 5) is 16.1. The van der Waals surface area contributed by atoms with Crippen molar-refractivity contribution in [1.29, 1.82) is 0 Å². The van der Waals surface area contributed by atoms with E-state index < -0.39 is 0 Å². The molecule has 1 saturated heterocycles. The molecule has 2 fully saturated rings. The van der Waals surface area contributed by atoms with Crippen LogP contribution < -0.4 is 0 Å². The summed E-state index contributed by atoms with van der Waals surface area (Å²) in [6.45, 7) is 11.1. The largest absolute Gasteiger partial charge is 0.338 e. The number of halogens is 1. The number of fused-ring (bicyclic) bond motifs is 2. The van der Waals surface area contributed by atoms with Crippen LogP contribution in [0.4, 0.5) is 0 Å². The van der Waals surface area contributed by atoms with Crippen LogP contribution in [0.3, 0.4) is 0 Å². The highest BCUT2D eigenvalue weighted by Crippen LogP contribution is 2.55. The molecule has 1 aliphatic heterocycles. The van der Waals surface area contributed by atoms with Gasteiger partial charge in [-0.25, -0.2) is 0 Å². The summed E-state index contributed by atoms with van der Waals surface area (Å²) in [5.74, 6) is 0.0163. The van der Waals surface area contributed by atoms with Crippen molar-refractivity contribution < 1.29 is 4.79 Å². The first-order valence-electron chi connectivity index (χ1n) is 14.4. The second kappa shape index (κ2) is 9.81. The normalized spacial score (nSPS) is 16.5. The minimum absolute atomic E-state index is 0.0163. The predicted molar refractivity (Wildman–Crippen MR) is 167 cm³/mol. The summed E-state index contributed by atoms with van der Waals surface area (Å²) < 4.78 is 4.26. The third-order valence-corrected chi connectivity index (χ3v) is 9.65. The van der Waals surface area contributed by atoms with E-state index in [2.05, 4.69) is 75.4 Å². The topological polar surface area (TPSA) is 87.9 Å². The Morgan fingerprint density at radius 3 is 2.71 bits per heavy atom. The fourth-order valence-corrected chi connectivity index (χ4v) is 7.20. The number of nitrogens with one attached hydrogen (secondary N) is 1. The summed E-state index contributed by atoms with van der Waals surface area (Å²) in [6.07, 6.45) is 7.19. The Labute approximate surface area is 249 Å². The van der Waals surface area contributed by atoms with Crippen molar-refractivity contribution in [3.8, 4) is 22.4 Å². The van der Waals surface area contributed by atoms with E-state index in [4.69, 9.17) is 16.7 Å². The molecular formula is C32H35ClN8O. The molecule has 0 unspecified atom stereocenters. The fourth-order valence-electron chi connectivity index (χ4n) is 6.95. The number of aryl methyl sites for hydroxylation is 1. The van der Waals surface area contributed by atoms with Crippen molar-refractivity contribution in [3.63, 3.8) is 0 Å². The van der Waals surface area contributed by atoms with Crippen molar-refractivity contribution in [1.82, 2.24) is 39.6 Å². The summed E-state index contributed by atoms with van der Waals surface area (Å²) in [7, 11) is 4.15. The van der Waals surface area contributed by atoms with E-state index in [9.17, 15) is 4.79 Å². The number of likely N-dealkylation sites (N-methyl/N-ethyl adjacent to an activating group) is 1. The van der Waals surface area contributed by atoms with E-state index in [-0.39, 0.29) is 17.4 Å². The molecule has 2 aromatic carbocycles. The zero-order valence-corrected chi connectivity index (χ0v) is 25.2. The molecule has 42 heavy (non-hydrogen) atoms. The summed E-state index contributed by atoms with van der Waals surface area (Å²) in [5.41, 5.74) is 8.24. The minimum atomic E-state index is 0.0163. The number of aromatic nitrogens is 6. The number of H-pyrrole nitrogens is 1. The molecule has 216 valence electrons. The van der Waals surface area contributed by atoms with E-state index in [1.807, 2.05) is 30.3 Å². The summed E-state index contributed by atoms with van der Waals surface area (Å²) >= 11 is 7.09. The smallest absolute Gasteiger partial charge is 0.245 e. The molecule has 1 amide bonds. The molecule has 0 radical (unpaired) electrons. The lowest BCUT2D eigenvalue weighted by Gasteiger charge is -2.58. The molecule has 1 N–H and O–H groups in total. The highest BCUT2D eigenvalue weighted by Gasteiger charge is 2.54. The maximum atomic E-state index is 12.1. The number of hydrogen-bond acceptors (Lipinski definition) is 5. The maximum Gasteiger partial charge on any atom is 0.245 e. The first-order chi connectivity index (χ1) is 20.2. The van der Waals surface area contributed by atoms with Crippen LogP contribution in [0.15, 0.2) is 49.3 Å². The average molecular weight is 583 g/mol. The number of nitrogens with zero attached hydrogens (tertiary/aromatic N) is 7. The van der Waals surface area contributed by atoms with Crippen molar-refractivity contribution in [3.05, 3.63) is 65.6 Å². The van der Waals surface area contributed by atoms with Gasteiger partial charge in [0, 0.05) is 58.2 Å². The van der Waals surface area contributed by atoms with Crippen LogP contribution in [-0.4, -0.2) is 79.2 Å². The van der Waals surface area contributed by atoms with Crippen LogP contribution in [0.25, 0.3) is 44.2 Å². The summed E-state index contributed by atoms with van der Waals surface area (Å²) in [5, 5.41) is 20.2. The molecule has 5 aromatic rings. The van der Waals surface area contributed by atoms with Crippen molar-refractivity contribution in [2.45, 2.75) is 39.3 Å². The van der Waals surface area contributed by atoms with E-state index in [1.165, 1.54) is 6.08 Å². The van der Waals surface area contributed by atoms with Crippen LogP contribution in [0.1, 0.15) is 30.1 Å². The fraction of sp³-hybridized carbons (Fsp3) is 0.375. The number of likely N-dealkylation sites (tertiary alicyclic amines) is 1. The lowest BCUT2D eigenvalue weighted by molar-refractivity contribution is -0.149. The Morgan fingerprint density at radius 2 is 1.98 bits per heavy atom. The van der Waals surface area contributed by atoms with Crippen LogP contribution >= 0.6 is 11.6 Å². The third-order valence-electron chi connectivity index (χ3n) is 9.16. The Morgan fingerprint density at radius 1 is 1.19 bits per heavy atom. The van der Waals surface area contributed by atoms with Gasteiger partial charge in [0.15, 0.2) is 0 Å². The van der Waals surface area contributed by atoms with Gasteiger partial charge in [-0.2, -0.15) is 15.3 Å². The number of aromatic amines is 1. The Balaban J connectivity index is 1.32. The first-order valence-corrected chi connectivity index (χ1v) is 14.8. The zero-order valence-electron chi connectivity index (χ0n) is 24.5. The van der Waals surface area contributed by atoms with Crippen molar-refractivity contribution in [2.75, 3.05) is 33.7 Å². The van der Waals surface area contributed by atoms with E-state index in [0.29, 0.717) is 5.02 Å². The molecule has 1 aliphatic carbocycles.